The van der Waals surface area contributed by atoms with Crippen LogP contribution in [0.2, 0.25) is 0 Å². The molecule has 0 radical (unpaired) electrons. The monoisotopic (exact) mass is 170 g/mol. The van der Waals surface area contributed by atoms with E-state index in [-0.39, 0.29) is 0 Å². The van der Waals surface area contributed by atoms with Gasteiger partial charge in [0.25, 0.3) is 0 Å². The molecule has 1 rings (SSSR count). The number of rotatable bonds is 3. The van der Waals surface area contributed by atoms with Crippen LogP contribution in [-0.2, 0) is 17.9 Å². The molecule has 0 aromatic carbocycles. The lowest BCUT2D eigenvalue weighted by atomic mass is 10.7. The summed E-state index contributed by atoms with van der Waals surface area (Å²) in [5.41, 5.74) is 0. The molecule has 0 aliphatic carbocycles. The summed E-state index contributed by atoms with van der Waals surface area (Å²) in [6.45, 7) is 4.53. The molecule has 62 valence electrons. The zero-order valence-corrected chi connectivity index (χ0v) is 8.32. The lowest BCUT2D eigenvalue weighted by Gasteiger charge is -2.02. The van der Waals surface area contributed by atoms with Gasteiger partial charge in [0.05, 0.1) is 0 Å². The van der Waals surface area contributed by atoms with Crippen LogP contribution in [0.25, 0.3) is 0 Å². The Morgan fingerprint density at radius 1 is 1.36 bits per heavy atom. The molecule has 1 nitrogen and oxygen atoms in total. The van der Waals surface area contributed by atoms with Crippen LogP contribution in [0.15, 0.2) is 23.4 Å². The van der Waals surface area contributed by atoms with Crippen LogP contribution >= 0.6 is 0 Å². The molecule has 0 bridgehead atoms. The first-order valence-electron chi connectivity index (χ1n) is 4.08. The third-order valence-electron chi connectivity index (χ3n) is 1.89. The van der Waals surface area contributed by atoms with E-state index in [4.69, 9.17) is 0 Å². The summed E-state index contributed by atoms with van der Waals surface area (Å²) in [7, 11) is 2.61. The van der Waals surface area contributed by atoms with E-state index in [1.807, 2.05) is 0 Å². The summed E-state index contributed by atoms with van der Waals surface area (Å²) in [6.07, 6.45) is 2.13. The van der Waals surface area contributed by atoms with Crippen LogP contribution in [-0.4, -0.2) is 16.1 Å². The summed E-state index contributed by atoms with van der Waals surface area (Å²) in [4.78, 5) is 0. The second-order valence-corrected chi connectivity index (χ2v) is 5.09. The molecule has 0 amide bonds. The SMILES string of the molecule is CC[S+](CC)c1cccn1C. The van der Waals surface area contributed by atoms with Crippen molar-refractivity contribution in [3.05, 3.63) is 18.3 Å². The minimum Gasteiger partial charge on any atom is -0.312 e. The van der Waals surface area contributed by atoms with E-state index in [9.17, 15) is 0 Å². The highest BCUT2D eigenvalue weighted by atomic mass is 32.2. The van der Waals surface area contributed by atoms with Crippen molar-refractivity contribution in [1.29, 1.82) is 0 Å². The first kappa shape index (κ1) is 8.72. The van der Waals surface area contributed by atoms with Gasteiger partial charge in [-0.05, 0) is 19.9 Å². The molecular weight excluding hydrogens is 154 g/mol. The lowest BCUT2D eigenvalue weighted by Crippen LogP contribution is -2.11. The predicted molar refractivity (Wildman–Crippen MR) is 52.1 cm³/mol. The van der Waals surface area contributed by atoms with Crippen molar-refractivity contribution in [3.8, 4) is 0 Å². The van der Waals surface area contributed by atoms with Gasteiger partial charge in [-0.3, -0.25) is 0 Å². The van der Waals surface area contributed by atoms with Crippen LogP contribution in [0, 0.1) is 0 Å². The van der Waals surface area contributed by atoms with Crippen molar-refractivity contribution in [1.82, 2.24) is 4.57 Å². The minimum atomic E-state index is 0.481. The minimum absolute atomic E-state index is 0.481. The highest BCUT2D eigenvalue weighted by Gasteiger charge is 2.18. The molecule has 0 unspecified atom stereocenters. The van der Waals surface area contributed by atoms with Gasteiger partial charge in [-0.25, -0.2) is 0 Å². The zero-order valence-electron chi connectivity index (χ0n) is 7.50. The Bertz CT molecular complexity index is 213. The Labute approximate surface area is 71.8 Å². The number of nitrogens with zero attached hydrogens (tertiary/aromatic N) is 1. The van der Waals surface area contributed by atoms with Gasteiger partial charge < -0.3 is 4.57 Å². The fourth-order valence-corrected chi connectivity index (χ4v) is 2.98. The molecule has 0 atom stereocenters. The first-order chi connectivity index (χ1) is 5.29. The van der Waals surface area contributed by atoms with Gasteiger partial charge in [-0.1, -0.05) is 0 Å². The smallest absolute Gasteiger partial charge is 0.227 e. The third-order valence-corrected chi connectivity index (χ3v) is 4.30. The molecular formula is C9H16NS+. The third kappa shape index (κ3) is 1.80. The number of aryl methyl sites for hydroxylation is 1. The van der Waals surface area contributed by atoms with Gasteiger partial charge in [0.15, 0.2) is 0 Å². The van der Waals surface area contributed by atoms with Crippen molar-refractivity contribution < 1.29 is 0 Å². The van der Waals surface area contributed by atoms with Crippen molar-refractivity contribution >= 4 is 10.9 Å². The van der Waals surface area contributed by atoms with Gasteiger partial charge in [-0.15, -0.1) is 0 Å². The average Bonchev–Trinajstić information content (AvgIpc) is 2.40. The summed E-state index contributed by atoms with van der Waals surface area (Å²) in [6, 6.07) is 4.36. The Hall–Kier alpha value is -0.370. The van der Waals surface area contributed by atoms with E-state index in [0.717, 1.165) is 0 Å². The maximum absolute atomic E-state index is 2.26. The standard InChI is InChI=1S/C9H16NS/c1-4-11(5-2)9-7-6-8-10(9)3/h6-8H,4-5H2,1-3H3/q+1. The average molecular weight is 170 g/mol. The van der Waals surface area contributed by atoms with Crippen LogP contribution < -0.4 is 0 Å². The summed E-state index contributed by atoms with van der Waals surface area (Å²) >= 11 is 0. The highest BCUT2D eigenvalue weighted by Crippen LogP contribution is 2.13. The van der Waals surface area contributed by atoms with E-state index in [2.05, 4.69) is 43.8 Å². The van der Waals surface area contributed by atoms with Crippen LogP contribution in [0.5, 0.6) is 0 Å². The number of hydrogen-bond donors (Lipinski definition) is 0. The largest absolute Gasteiger partial charge is 0.312 e. The maximum atomic E-state index is 2.26. The van der Waals surface area contributed by atoms with Gasteiger partial charge >= 0.3 is 0 Å². The van der Waals surface area contributed by atoms with E-state index in [0.29, 0.717) is 10.9 Å². The van der Waals surface area contributed by atoms with Gasteiger partial charge in [0, 0.05) is 30.2 Å². The van der Waals surface area contributed by atoms with Gasteiger partial charge in [0.1, 0.15) is 11.5 Å². The summed E-state index contributed by atoms with van der Waals surface area (Å²) in [5.74, 6) is 2.54. The van der Waals surface area contributed by atoms with Crippen LogP contribution in [0.3, 0.4) is 0 Å². The van der Waals surface area contributed by atoms with E-state index in [1.54, 1.807) is 0 Å². The number of aromatic nitrogens is 1. The predicted octanol–water partition coefficient (Wildman–Crippen LogP) is 2.04. The fraction of sp³-hybridized carbons (Fsp3) is 0.556. The molecule has 1 aromatic heterocycles. The van der Waals surface area contributed by atoms with Crippen LogP contribution in [0.1, 0.15) is 13.8 Å². The first-order valence-corrected chi connectivity index (χ1v) is 5.64. The topological polar surface area (TPSA) is 4.93 Å². The molecule has 0 saturated carbocycles. The molecule has 1 heterocycles. The van der Waals surface area contributed by atoms with Crippen molar-refractivity contribution in [2.45, 2.75) is 18.9 Å². The Morgan fingerprint density at radius 3 is 2.36 bits per heavy atom. The second kappa shape index (κ2) is 3.86. The second-order valence-electron chi connectivity index (χ2n) is 2.53. The van der Waals surface area contributed by atoms with Gasteiger partial charge in [-0.2, -0.15) is 0 Å². The molecule has 0 aliphatic heterocycles. The summed E-state index contributed by atoms with van der Waals surface area (Å²) in [5, 5.41) is 1.50. The molecule has 0 spiro atoms. The number of hydrogen-bond acceptors (Lipinski definition) is 0. The normalized spacial score (nSPS) is 10.9. The molecule has 0 fully saturated rings. The molecule has 11 heavy (non-hydrogen) atoms. The lowest BCUT2D eigenvalue weighted by molar-refractivity contribution is 0.824. The maximum Gasteiger partial charge on any atom is 0.227 e. The molecule has 1 aromatic rings. The Kier molecular flexibility index (Phi) is 3.06. The van der Waals surface area contributed by atoms with Crippen molar-refractivity contribution in [3.63, 3.8) is 0 Å². The zero-order chi connectivity index (χ0) is 8.27. The molecule has 0 N–H and O–H groups in total. The van der Waals surface area contributed by atoms with E-state index >= 15 is 0 Å². The molecule has 0 saturated heterocycles. The van der Waals surface area contributed by atoms with Crippen LogP contribution in [0.4, 0.5) is 0 Å². The molecule has 2 heteroatoms. The summed E-state index contributed by atoms with van der Waals surface area (Å²) < 4.78 is 2.23. The quantitative estimate of drug-likeness (QED) is 0.612. The van der Waals surface area contributed by atoms with E-state index < -0.39 is 0 Å². The van der Waals surface area contributed by atoms with E-state index in [1.165, 1.54) is 16.5 Å². The Balaban J connectivity index is 2.81. The fourth-order valence-electron chi connectivity index (χ4n) is 1.25. The van der Waals surface area contributed by atoms with Crippen molar-refractivity contribution in [2.75, 3.05) is 11.5 Å². The highest BCUT2D eigenvalue weighted by molar-refractivity contribution is 7.96. The van der Waals surface area contributed by atoms with Crippen molar-refractivity contribution in [2.24, 2.45) is 7.05 Å². The Morgan fingerprint density at radius 2 is 2.00 bits per heavy atom. The molecule has 0 aliphatic rings. The van der Waals surface area contributed by atoms with Gasteiger partial charge in [0.2, 0.25) is 5.03 Å².